The molecule has 0 spiro atoms. The van der Waals surface area contributed by atoms with Crippen molar-refractivity contribution in [2.75, 3.05) is 33.2 Å². The van der Waals surface area contributed by atoms with E-state index in [1.165, 1.54) is 12.8 Å². The van der Waals surface area contributed by atoms with Crippen LogP contribution in [-0.4, -0.2) is 54.1 Å². The van der Waals surface area contributed by atoms with Gasteiger partial charge in [0, 0.05) is 32.1 Å². The molecular weight excluding hydrogens is 166 g/mol. The van der Waals surface area contributed by atoms with Gasteiger partial charge in [0.2, 0.25) is 0 Å². The quantitative estimate of drug-likeness (QED) is 0.277. The van der Waals surface area contributed by atoms with Gasteiger partial charge in [0.05, 0.1) is 0 Å². The first-order valence-electron chi connectivity index (χ1n) is 4.96. The van der Waals surface area contributed by atoms with Gasteiger partial charge in [-0.3, -0.25) is 0 Å². The lowest BCUT2D eigenvalue weighted by Crippen LogP contribution is -2.47. The van der Waals surface area contributed by atoms with Crippen LogP contribution in [0.3, 0.4) is 0 Å². The second-order valence-corrected chi connectivity index (χ2v) is 4.02. The summed E-state index contributed by atoms with van der Waals surface area (Å²) in [7, 11) is 2.13. The Morgan fingerprint density at radius 1 is 1.23 bits per heavy atom. The van der Waals surface area contributed by atoms with E-state index in [1.807, 2.05) is 0 Å². The van der Waals surface area contributed by atoms with Gasteiger partial charge in [-0.25, -0.2) is 0 Å². The molecule has 1 saturated carbocycles. The lowest BCUT2D eigenvalue weighted by molar-refractivity contribution is 0.203. The van der Waals surface area contributed by atoms with E-state index in [9.17, 15) is 0 Å². The van der Waals surface area contributed by atoms with Crippen LogP contribution in [0.5, 0.6) is 0 Å². The minimum Gasteiger partial charge on any atom is -0.409 e. The van der Waals surface area contributed by atoms with E-state index in [0.717, 1.165) is 32.0 Å². The second kappa shape index (κ2) is 3.54. The van der Waals surface area contributed by atoms with Gasteiger partial charge in [-0.15, -0.1) is 0 Å². The molecule has 2 fully saturated rings. The van der Waals surface area contributed by atoms with Crippen molar-refractivity contribution in [2.24, 2.45) is 11.1 Å². The van der Waals surface area contributed by atoms with Crippen LogP contribution >= 0.6 is 0 Å². The average Bonchev–Trinajstić information content (AvgIpc) is 2.93. The summed E-state index contributed by atoms with van der Waals surface area (Å²) in [4.78, 5) is 4.52. The fourth-order valence-corrected chi connectivity index (χ4v) is 1.78. The molecule has 0 bridgehead atoms. The minimum atomic E-state index is 0.549. The third-order valence-electron chi connectivity index (χ3n) is 2.87. The molecule has 0 aromatic heterocycles. The number of likely N-dealkylation sites (N-methyl/N-ethyl adjacent to an activating group) is 1. The molecule has 74 valence electrons. The highest BCUT2D eigenvalue weighted by Crippen LogP contribution is 2.32. The van der Waals surface area contributed by atoms with E-state index >= 15 is 0 Å². The maximum atomic E-state index is 8.89. The molecule has 1 N–H and O–H groups in total. The first kappa shape index (κ1) is 8.81. The summed E-state index contributed by atoms with van der Waals surface area (Å²) >= 11 is 0. The smallest absolute Gasteiger partial charge is 0.147 e. The Morgan fingerprint density at radius 3 is 2.31 bits per heavy atom. The fourth-order valence-electron chi connectivity index (χ4n) is 1.78. The van der Waals surface area contributed by atoms with Crippen molar-refractivity contribution < 1.29 is 5.21 Å². The Bertz CT molecular complexity index is 205. The molecule has 1 aliphatic carbocycles. The topological polar surface area (TPSA) is 39.1 Å². The highest BCUT2D eigenvalue weighted by molar-refractivity contribution is 5.86. The molecule has 1 heterocycles. The Morgan fingerprint density at radius 2 is 1.85 bits per heavy atom. The maximum absolute atomic E-state index is 8.89. The summed E-state index contributed by atoms with van der Waals surface area (Å²) in [5.41, 5.74) is 0. The molecule has 2 rings (SSSR count). The zero-order valence-electron chi connectivity index (χ0n) is 8.11. The zero-order valence-corrected chi connectivity index (χ0v) is 8.11. The molecule has 1 saturated heterocycles. The number of hydrogen-bond acceptors (Lipinski definition) is 3. The summed E-state index contributed by atoms with van der Waals surface area (Å²) < 4.78 is 0. The van der Waals surface area contributed by atoms with Crippen LogP contribution < -0.4 is 0 Å². The molecule has 0 aromatic rings. The lowest BCUT2D eigenvalue weighted by Gasteiger charge is -2.34. The van der Waals surface area contributed by atoms with Crippen LogP contribution in [0.15, 0.2) is 5.16 Å². The fraction of sp³-hybridized carbons (Fsp3) is 0.889. The molecule has 0 amide bonds. The first-order valence-corrected chi connectivity index (χ1v) is 4.96. The number of amidine groups is 1. The van der Waals surface area contributed by atoms with E-state index < -0.39 is 0 Å². The molecule has 0 unspecified atom stereocenters. The predicted molar refractivity (Wildman–Crippen MR) is 51.0 cm³/mol. The monoisotopic (exact) mass is 183 g/mol. The average molecular weight is 183 g/mol. The van der Waals surface area contributed by atoms with Crippen molar-refractivity contribution >= 4 is 5.84 Å². The summed E-state index contributed by atoms with van der Waals surface area (Å²) in [5, 5.41) is 12.3. The van der Waals surface area contributed by atoms with Crippen LogP contribution in [0.4, 0.5) is 0 Å². The van der Waals surface area contributed by atoms with Gasteiger partial charge >= 0.3 is 0 Å². The Labute approximate surface area is 78.8 Å². The molecule has 0 radical (unpaired) electrons. The summed E-state index contributed by atoms with van der Waals surface area (Å²) in [6.45, 7) is 4.16. The Hall–Kier alpha value is -0.770. The van der Waals surface area contributed by atoms with Gasteiger partial charge in [0.25, 0.3) is 0 Å². The molecule has 13 heavy (non-hydrogen) atoms. The first-order chi connectivity index (χ1) is 6.31. The predicted octanol–water partition coefficient (Wildman–Crippen LogP) is 0.431. The molecular formula is C9H17N3O. The molecule has 0 aromatic carbocycles. The number of nitrogens with zero attached hydrogens (tertiary/aromatic N) is 3. The van der Waals surface area contributed by atoms with Gasteiger partial charge in [-0.2, -0.15) is 0 Å². The van der Waals surface area contributed by atoms with Gasteiger partial charge in [-0.1, -0.05) is 5.16 Å². The van der Waals surface area contributed by atoms with E-state index in [1.54, 1.807) is 0 Å². The van der Waals surface area contributed by atoms with Crippen LogP contribution in [-0.2, 0) is 0 Å². The van der Waals surface area contributed by atoms with Gasteiger partial charge in [0.1, 0.15) is 5.84 Å². The molecule has 4 heteroatoms. The van der Waals surface area contributed by atoms with Crippen molar-refractivity contribution in [2.45, 2.75) is 12.8 Å². The second-order valence-electron chi connectivity index (χ2n) is 4.02. The van der Waals surface area contributed by atoms with E-state index in [2.05, 4.69) is 22.0 Å². The summed E-state index contributed by atoms with van der Waals surface area (Å²) in [6.07, 6.45) is 2.40. The van der Waals surface area contributed by atoms with E-state index in [0.29, 0.717) is 5.92 Å². The highest BCUT2D eigenvalue weighted by atomic mass is 16.4. The largest absolute Gasteiger partial charge is 0.409 e. The van der Waals surface area contributed by atoms with Crippen molar-refractivity contribution in [1.82, 2.24) is 9.80 Å². The van der Waals surface area contributed by atoms with Crippen LogP contribution in [0.2, 0.25) is 0 Å². The minimum absolute atomic E-state index is 0.549. The van der Waals surface area contributed by atoms with Crippen LogP contribution in [0, 0.1) is 5.92 Å². The molecule has 1 aliphatic heterocycles. The summed E-state index contributed by atoms with van der Waals surface area (Å²) in [5.74, 6) is 1.47. The molecule has 0 atom stereocenters. The molecule has 2 aliphatic rings. The third kappa shape index (κ3) is 1.94. The number of hydrogen-bond donors (Lipinski definition) is 1. The number of piperazine rings is 1. The lowest BCUT2D eigenvalue weighted by atomic mass is 10.2. The van der Waals surface area contributed by atoms with E-state index in [-0.39, 0.29) is 0 Å². The van der Waals surface area contributed by atoms with E-state index in [4.69, 9.17) is 5.21 Å². The van der Waals surface area contributed by atoms with Gasteiger partial charge in [0.15, 0.2) is 0 Å². The normalized spacial score (nSPS) is 26.5. The maximum Gasteiger partial charge on any atom is 0.147 e. The van der Waals surface area contributed by atoms with Crippen LogP contribution in [0.25, 0.3) is 0 Å². The summed E-state index contributed by atoms with van der Waals surface area (Å²) in [6, 6.07) is 0. The SMILES string of the molecule is CN1CCN(/C(=N/O)C2CC2)CC1. The Balaban J connectivity index is 1.92. The highest BCUT2D eigenvalue weighted by Gasteiger charge is 2.32. The van der Waals surface area contributed by atoms with Crippen molar-refractivity contribution in [3.63, 3.8) is 0 Å². The van der Waals surface area contributed by atoms with Crippen molar-refractivity contribution in [1.29, 1.82) is 0 Å². The standard InChI is InChI=1S/C9H17N3O/c1-11-4-6-12(7-5-11)9(10-13)8-2-3-8/h8,13H,2-7H2,1H3/b10-9+. The zero-order chi connectivity index (χ0) is 9.26. The van der Waals surface area contributed by atoms with Crippen LogP contribution in [0.1, 0.15) is 12.8 Å². The van der Waals surface area contributed by atoms with Crippen molar-refractivity contribution in [3.05, 3.63) is 0 Å². The van der Waals surface area contributed by atoms with Crippen molar-refractivity contribution in [3.8, 4) is 0 Å². The van der Waals surface area contributed by atoms with Gasteiger partial charge < -0.3 is 15.0 Å². The third-order valence-corrected chi connectivity index (χ3v) is 2.87. The molecule has 4 nitrogen and oxygen atoms in total. The number of oxime groups is 1. The van der Waals surface area contributed by atoms with Gasteiger partial charge in [-0.05, 0) is 19.9 Å². The number of rotatable bonds is 1. The Kier molecular flexibility index (Phi) is 2.40.